The van der Waals surface area contributed by atoms with E-state index in [9.17, 15) is 4.39 Å². The number of aliphatic hydroxyl groups excluding tert-OH is 1. The van der Waals surface area contributed by atoms with E-state index < -0.39 is 5.67 Å². The standard InChI is InChI=1S/C8H14FNO/c1-7(2)6-5(3-11)10-4-8(6,7)9/h5-6,10-11H,3-4H2,1-2H3/t5-,6?,8?/m1/s1. The first-order valence-corrected chi connectivity index (χ1v) is 4.07. The van der Waals surface area contributed by atoms with Gasteiger partial charge in [0.15, 0.2) is 0 Å². The van der Waals surface area contributed by atoms with Crippen LogP contribution in [0, 0.1) is 11.3 Å². The fourth-order valence-corrected chi connectivity index (χ4v) is 2.57. The van der Waals surface area contributed by atoms with Gasteiger partial charge in [-0.05, 0) is 0 Å². The van der Waals surface area contributed by atoms with Gasteiger partial charge < -0.3 is 10.4 Å². The largest absolute Gasteiger partial charge is 0.395 e. The lowest BCUT2D eigenvalue weighted by Crippen LogP contribution is -2.34. The van der Waals surface area contributed by atoms with Gasteiger partial charge in [0, 0.05) is 23.9 Å². The molecule has 2 aliphatic rings. The lowest BCUT2D eigenvalue weighted by molar-refractivity contribution is 0.219. The zero-order chi connectivity index (χ0) is 8.28. The zero-order valence-corrected chi connectivity index (χ0v) is 6.89. The van der Waals surface area contributed by atoms with Gasteiger partial charge >= 0.3 is 0 Å². The first-order valence-electron chi connectivity index (χ1n) is 4.07. The van der Waals surface area contributed by atoms with Crippen LogP contribution in [-0.2, 0) is 0 Å². The van der Waals surface area contributed by atoms with Gasteiger partial charge in [0.1, 0.15) is 5.67 Å². The number of aliphatic hydroxyl groups is 1. The molecule has 0 aromatic carbocycles. The van der Waals surface area contributed by atoms with Crippen LogP contribution in [0.5, 0.6) is 0 Å². The zero-order valence-electron chi connectivity index (χ0n) is 6.89. The van der Waals surface area contributed by atoms with Gasteiger partial charge in [-0.25, -0.2) is 4.39 Å². The van der Waals surface area contributed by atoms with Crippen LogP contribution in [-0.4, -0.2) is 30.0 Å². The molecule has 2 fully saturated rings. The molecule has 0 spiro atoms. The minimum atomic E-state index is -1.04. The highest BCUT2D eigenvalue weighted by atomic mass is 19.1. The number of piperidine rings is 1. The highest BCUT2D eigenvalue weighted by Crippen LogP contribution is 2.67. The Balaban J connectivity index is 2.19. The number of nitrogens with one attached hydrogen (secondary N) is 1. The van der Waals surface area contributed by atoms with E-state index in [0.29, 0.717) is 6.54 Å². The molecule has 1 saturated carbocycles. The molecule has 0 aromatic heterocycles. The van der Waals surface area contributed by atoms with Gasteiger partial charge in [-0.3, -0.25) is 0 Å². The fraction of sp³-hybridized carbons (Fsp3) is 1.00. The van der Waals surface area contributed by atoms with Crippen molar-refractivity contribution in [2.45, 2.75) is 25.6 Å². The molecule has 64 valence electrons. The minimum absolute atomic E-state index is 0.0185. The summed E-state index contributed by atoms with van der Waals surface area (Å²) in [5, 5.41) is 11.9. The molecule has 0 bridgehead atoms. The number of hydrogen-bond acceptors (Lipinski definition) is 2. The maximum atomic E-state index is 13.7. The second-order valence-corrected chi connectivity index (χ2v) is 4.23. The molecule has 0 radical (unpaired) electrons. The molecule has 11 heavy (non-hydrogen) atoms. The average Bonchev–Trinajstić information content (AvgIpc) is 2.26. The van der Waals surface area contributed by atoms with Crippen molar-refractivity contribution < 1.29 is 9.50 Å². The first kappa shape index (κ1) is 7.50. The topological polar surface area (TPSA) is 32.3 Å². The maximum Gasteiger partial charge on any atom is 0.133 e. The minimum Gasteiger partial charge on any atom is -0.395 e. The molecule has 3 heteroatoms. The van der Waals surface area contributed by atoms with Crippen molar-refractivity contribution in [3.8, 4) is 0 Å². The Morgan fingerprint density at radius 2 is 2.27 bits per heavy atom. The Bertz CT molecular complexity index is 195. The predicted molar refractivity (Wildman–Crippen MR) is 40.0 cm³/mol. The van der Waals surface area contributed by atoms with Crippen molar-refractivity contribution in [3.05, 3.63) is 0 Å². The molecule has 1 aliphatic carbocycles. The average molecular weight is 159 g/mol. The molecular formula is C8H14FNO. The molecule has 1 heterocycles. The van der Waals surface area contributed by atoms with Crippen LogP contribution in [0.25, 0.3) is 0 Å². The summed E-state index contributed by atoms with van der Waals surface area (Å²) in [6.07, 6.45) is 0. The van der Waals surface area contributed by atoms with Crippen molar-refractivity contribution in [2.75, 3.05) is 13.2 Å². The van der Waals surface area contributed by atoms with Crippen LogP contribution in [0.15, 0.2) is 0 Å². The third-order valence-electron chi connectivity index (χ3n) is 3.48. The maximum absolute atomic E-state index is 13.7. The summed E-state index contributed by atoms with van der Waals surface area (Å²) in [4.78, 5) is 0. The second-order valence-electron chi connectivity index (χ2n) is 4.23. The van der Waals surface area contributed by atoms with E-state index in [1.165, 1.54) is 0 Å². The summed E-state index contributed by atoms with van der Waals surface area (Å²) in [5.74, 6) is 0.0278. The second kappa shape index (κ2) is 1.77. The Labute approximate surface area is 65.8 Å². The number of hydrogen-bond donors (Lipinski definition) is 2. The Morgan fingerprint density at radius 1 is 1.64 bits per heavy atom. The number of alkyl halides is 1. The van der Waals surface area contributed by atoms with Crippen molar-refractivity contribution in [1.82, 2.24) is 5.32 Å². The molecule has 0 amide bonds. The summed E-state index contributed by atoms with van der Waals surface area (Å²) in [5.41, 5.74) is -1.26. The van der Waals surface area contributed by atoms with E-state index >= 15 is 0 Å². The molecular weight excluding hydrogens is 145 g/mol. The molecule has 1 saturated heterocycles. The summed E-state index contributed by atoms with van der Waals surface area (Å²) in [7, 11) is 0. The molecule has 2 unspecified atom stereocenters. The van der Waals surface area contributed by atoms with Crippen LogP contribution in [0.1, 0.15) is 13.8 Å². The van der Waals surface area contributed by atoms with E-state index in [1.54, 1.807) is 0 Å². The van der Waals surface area contributed by atoms with Crippen LogP contribution < -0.4 is 5.32 Å². The molecule has 2 N–H and O–H groups in total. The van der Waals surface area contributed by atoms with Crippen molar-refractivity contribution in [3.63, 3.8) is 0 Å². The van der Waals surface area contributed by atoms with Gasteiger partial charge in [0.25, 0.3) is 0 Å². The highest BCUT2D eigenvalue weighted by molar-refractivity contribution is 5.27. The number of rotatable bonds is 1. The Morgan fingerprint density at radius 3 is 2.55 bits per heavy atom. The van der Waals surface area contributed by atoms with Crippen LogP contribution >= 0.6 is 0 Å². The number of halogens is 1. The van der Waals surface area contributed by atoms with Crippen LogP contribution in [0.2, 0.25) is 0 Å². The normalized spacial score (nSPS) is 52.4. The molecule has 2 rings (SSSR count). The van der Waals surface area contributed by atoms with Crippen molar-refractivity contribution in [1.29, 1.82) is 0 Å². The third-order valence-corrected chi connectivity index (χ3v) is 3.48. The van der Waals surface area contributed by atoms with Gasteiger partial charge in [-0.2, -0.15) is 0 Å². The lowest BCUT2D eigenvalue weighted by atomic mass is 10.0. The third kappa shape index (κ3) is 0.638. The van der Waals surface area contributed by atoms with E-state index in [-0.39, 0.29) is 24.0 Å². The smallest absolute Gasteiger partial charge is 0.133 e. The summed E-state index contributed by atoms with van der Waals surface area (Å²) < 4.78 is 13.7. The van der Waals surface area contributed by atoms with Gasteiger partial charge in [-0.1, -0.05) is 13.8 Å². The van der Waals surface area contributed by atoms with Gasteiger partial charge in [-0.15, -0.1) is 0 Å². The quantitative estimate of drug-likeness (QED) is 0.577. The predicted octanol–water partition coefficient (Wildman–Crippen LogP) is 0.315. The first-order chi connectivity index (χ1) is 5.04. The van der Waals surface area contributed by atoms with E-state index in [4.69, 9.17) is 5.11 Å². The van der Waals surface area contributed by atoms with E-state index in [2.05, 4.69) is 5.32 Å². The van der Waals surface area contributed by atoms with Crippen LogP contribution in [0.4, 0.5) is 4.39 Å². The molecule has 3 atom stereocenters. The van der Waals surface area contributed by atoms with Gasteiger partial charge in [0.2, 0.25) is 0 Å². The molecule has 2 nitrogen and oxygen atoms in total. The van der Waals surface area contributed by atoms with Gasteiger partial charge in [0.05, 0.1) is 6.61 Å². The van der Waals surface area contributed by atoms with E-state index in [0.717, 1.165) is 0 Å². The molecule has 1 aliphatic heterocycles. The lowest BCUT2D eigenvalue weighted by Gasteiger charge is -2.16. The summed E-state index contributed by atoms with van der Waals surface area (Å²) in [6, 6.07) is -0.0185. The summed E-state index contributed by atoms with van der Waals surface area (Å²) in [6.45, 7) is 4.33. The van der Waals surface area contributed by atoms with E-state index in [1.807, 2.05) is 13.8 Å². The Kier molecular flexibility index (Phi) is 1.21. The number of fused-ring (bicyclic) bond motifs is 1. The monoisotopic (exact) mass is 159 g/mol. The van der Waals surface area contributed by atoms with Crippen LogP contribution in [0.3, 0.4) is 0 Å². The highest BCUT2D eigenvalue weighted by Gasteiger charge is 2.77. The SMILES string of the molecule is CC1(C)C2[C@@H](CO)NCC21F. The fourth-order valence-electron chi connectivity index (χ4n) is 2.57. The van der Waals surface area contributed by atoms with Crippen molar-refractivity contribution in [2.24, 2.45) is 11.3 Å². The Hall–Kier alpha value is -0.150. The molecule has 0 aromatic rings. The summed E-state index contributed by atoms with van der Waals surface area (Å²) >= 11 is 0. The van der Waals surface area contributed by atoms with Crippen molar-refractivity contribution >= 4 is 0 Å².